The van der Waals surface area contributed by atoms with Gasteiger partial charge in [0, 0.05) is 12.5 Å². The van der Waals surface area contributed by atoms with E-state index < -0.39 is 0 Å². The Balaban J connectivity index is 2.18. The summed E-state index contributed by atoms with van der Waals surface area (Å²) in [5.41, 5.74) is 1.80. The fourth-order valence-corrected chi connectivity index (χ4v) is 1.64. The first-order valence-electron chi connectivity index (χ1n) is 5.88. The predicted octanol–water partition coefficient (Wildman–Crippen LogP) is 2.82. The van der Waals surface area contributed by atoms with E-state index in [2.05, 4.69) is 21.9 Å². The first-order valence-corrected chi connectivity index (χ1v) is 5.88. The number of ether oxygens (including phenoxy) is 1. The van der Waals surface area contributed by atoms with Crippen molar-refractivity contribution >= 4 is 0 Å². The van der Waals surface area contributed by atoms with Gasteiger partial charge in [-0.3, -0.25) is 0 Å². The van der Waals surface area contributed by atoms with Crippen LogP contribution in [0, 0.1) is 0 Å². The van der Waals surface area contributed by atoms with Crippen molar-refractivity contribution in [3.63, 3.8) is 0 Å². The quantitative estimate of drug-likeness (QED) is 0.860. The van der Waals surface area contributed by atoms with Crippen molar-refractivity contribution in [3.8, 4) is 17.3 Å². The minimum atomic E-state index is 0.618. The SMILES string of the molecule is CCCCc1ncc(-c2cccc(OC)n2)[nH]1. The number of nitrogens with zero attached hydrogens (tertiary/aromatic N) is 2. The number of hydrogen-bond donors (Lipinski definition) is 1. The maximum absolute atomic E-state index is 5.10. The molecule has 2 aromatic heterocycles. The molecule has 2 rings (SSSR count). The van der Waals surface area contributed by atoms with Crippen LogP contribution in [-0.2, 0) is 6.42 Å². The van der Waals surface area contributed by atoms with Crippen molar-refractivity contribution in [1.82, 2.24) is 15.0 Å². The van der Waals surface area contributed by atoms with Crippen LogP contribution < -0.4 is 4.74 Å². The Hall–Kier alpha value is -1.84. The Morgan fingerprint density at radius 3 is 3.00 bits per heavy atom. The Morgan fingerprint density at radius 2 is 2.24 bits per heavy atom. The van der Waals surface area contributed by atoms with Gasteiger partial charge in [-0.1, -0.05) is 19.4 Å². The molecule has 0 saturated heterocycles. The normalized spacial score (nSPS) is 10.5. The molecule has 1 N–H and O–H groups in total. The van der Waals surface area contributed by atoms with Crippen LogP contribution in [0.15, 0.2) is 24.4 Å². The van der Waals surface area contributed by atoms with E-state index >= 15 is 0 Å². The molecule has 0 atom stereocenters. The molecule has 0 aliphatic heterocycles. The van der Waals surface area contributed by atoms with Crippen LogP contribution in [0.4, 0.5) is 0 Å². The van der Waals surface area contributed by atoms with Gasteiger partial charge in [0.05, 0.1) is 24.7 Å². The standard InChI is InChI=1S/C13H17N3O/c1-3-4-7-12-14-9-11(15-12)10-6-5-8-13(16-10)17-2/h5-6,8-9H,3-4,7H2,1-2H3,(H,14,15). The first-order chi connectivity index (χ1) is 8.33. The number of unbranched alkanes of at least 4 members (excludes halogenated alkanes) is 1. The van der Waals surface area contributed by atoms with Gasteiger partial charge in [0.2, 0.25) is 5.88 Å². The van der Waals surface area contributed by atoms with Gasteiger partial charge in [-0.2, -0.15) is 0 Å². The Morgan fingerprint density at radius 1 is 1.35 bits per heavy atom. The number of nitrogens with one attached hydrogen (secondary N) is 1. The van der Waals surface area contributed by atoms with Gasteiger partial charge in [-0.25, -0.2) is 9.97 Å². The molecule has 2 heterocycles. The van der Waals surface area contributed by atoms with Crippen LogP contribution in [0.1, 0.15) is 25.6 Å². The minimum Gasteiger partial charge on any atom is -0.481 e. The van der Waals surface area contributed by atoms with E-state index in [-0.39, 0.29) is 0 Å². The van der Waals surface area contributed by atoms with Crippen LogP contribution in [0.25, 0.3) is 11.4 Å². The zero-order valence-electron chi connectivity index (χ0n) is 10.2. The average molecular weight is 231 g/mol. The third-order valence-electron chi connectivity index (χ3n) is 2.60. The van der Waals surface area contributed by atoms with E-state index in [1.807, 2.05) is 24.4 Å². The first kappa shape index (κ1) is 11.6. The molecule has 0 fully saturated rings. The number of H-pyrrole nitrogens is 1. The fourth-order valence-electron chi connectivity index (χ4n) is 1.64. The van der Waals surface area contributed by atoms with Crippen LogP contribution in [0.2, 0.25) is 0 Å². The van der Waals surface area contributed by atoms with Crippen LogP contribution in [-0.4, -0.2) is 22.1 Å². The summed E-state index contributed by atoms with van der Waals surface area (Å²) >= 11 is 0. The summed E-state index contributed by atoms with van der Waals surface area (Å²) in [4.78, 5) is 12.0. The Kier molecular flexibility index (Phi) is 3.75. The molecule has 0 spiro atoms. The lowest BCUT2D eigenvalue weighted by Gasteiger charge is -2.00. The summed E-state index contributed by atoms with van der Waals surface area (Å²) in [5.74, 6) is 1.64. The molecule has 90 valence electrons. The van der Waals surface area contributed by atoms with Crippen LogP contribution >= 0.6 is 0 Å². The molecule has 4 heteroatoms. The van der Waals surface area contributed by atoms with Crippen LogP contribution in [0.3, 0.4) is 0 Å². The smallest absolute Gasteiger partial charge is 0.213 e. The fraction of sp³-hybridized carbons (Fsp3) is 0.385. The maximum Gasteiger partial charge on any atom is 0.213 e. The van der Waals surface area contributed by atoms with Crippen molar-refractivity contribution in [2.24, 2.45) is 0 Å². The number of pyridine rings is 1. The summed E-state index contributed by atoms with van der Waals surface area (Å²) in [6, 6.07) is 5.70. The van der Waals surface area contributed by atoms with Crippen LogP contribution in [0.5, 0.6) is 5.88 Å². The summed E-state index contributed by atoms with van der Waals surface area (Å²) in [6.45, 7) is 2.17. The molecule has 17 heavy (non-hydrogen) atoms. The second-order valence-electron chi connectivity index (χ2n) is 3.91. The number of hydrogen-bond acceptors (Lipinski definition) is 3. The maximum atomic E-state index is 5.10. The van der Waals surface area contributed by atoms with E-state index in [0.717, 1.165) is 30.1 Å². The van der Waals surface area contributed by atoms with Crippen molar-refractivity contribution in [1.29, 1.82) is 0 Å². The molecule has 0 amide bonds. The van der Waals surface area contributed by atoms with E-state index in [1.54, 1.807) is 7.11 Å². The van der Waals surface area contributed by atoms with Gasteiger partial charge in [0.15, 0.2) is 0 Å². The zero-order valence-corrected chi connectivity index (χ0v) is 10.2. The lowest BCUT2D eigenvalue weighted by molar-refractivity contribution is 0.398. The van der Waals surface area contributed by atoms with Gasteiger partial charge < -0.3 is 9.72 Å². The number of imidazole rings is 1. The summed E-state index contributed by atoms with van der Waals surface area (Å²) in [7, 11) is 1.62. The van der Waals surface area contributed by atoms with Crippen molar-refractivity contribution in [2.45, 2.75) is 26.2 Å². The van der Waals surface area contributed by atoms with Gasteiger partial charge in [0.25, 0.3) is 0 Å². The topological polar surface area (TPSA) is 50.8 Å². The van der Waals surface area contributed by atoms with Crippen molar-refractivity contribution < 1.29 is 4.74 Å². The zero-order chi connectivity index (χ0) is 12.1. The van der Waals surface area contributed by atoms with E-state index in [9.17, 15) is 0 Å². The predicted molar refractivity (Wildman–Crippen MR) is 67.0 cm³/mol. The Labute approximate surface area is 101 Å². The molecule has 4 nitrogen and oxygen atoms in total. The third kappa shape index (κ3) is 2.84. The molecule has 0 bridgehead atoms. The van der Waals surface area contributed by atoms with Crippen molar-refractivity contribution in [3.05, 3.63) is 30.2 Å². The van der Waals surface area contributed by atoms with Gasteiger partial charge in [0.1, 0.15) is 5.82 Å². The molecule has 0 aliphatic carbocycles. The number of aromatic nitrogens is 3. The number of aryl methyl sites for hydroxylation is 1. The average Bonchev–Trinajstić information content (AvgIpc) is 2.85. The second-order valence-corrected chi connectivity index (χ2v) is 3.91. The molecular formula is C13H17N3O. The highest BCUT2D eigenvalue weighted by atomic mass is 16.5. The molecular weight excluding hydrogens is 214 g/mol. The number of methoxy groups -OCH3 is 1. The molecule has 0 radical (unpaired) electrons. The van der Waals surface area contributed by atoms with Gasteiger partial charge in [-0.05, 0) is 12.5 Å². The summed E-state index contributed by atoms with van der Waals surface area (Å²) in [6.07, 6.45) is 5.14. The molecule has 2 aromatic rings. The highest BCUT2D eigenvalue weighted by Crippen LogP contribution is 2.18. The highest BCUT2D eigenvalue weighted by Gasteiger charge is 2.05. The summed E-state index contributed by atoms with van der Waals surface area (Å²) < 4.78 is 5.10. The van der Waals surface area contributed by atoms with E-state index in [4.69, 9.17) is 4.74 Å². The minimum absolute atomic E-state index is 0.618. The van der Waals surface area contributed by atoms with E-state index in [1.165, 1.54) is 6.42 Å². The molecule has 0 unspecified atom stereocenters. The highest BCUT2D eigenvalue weighted by molar-refractivity contribution is 5.53. The van der Waals surface area contributed by atoms with Crippen molar-refractivity contribution in [2.75, 3.05) is 7.11 Å². The number of aromatic amines is 1. The lowest BCUT2D eigenvalue weighted by atomic mass is 10.2. The second kappa shape index (κ2) is 5.48. The molecule has 0 aromatic carbocycles. The largest absolute Gasteiger partial charge is 0.481 e. The molecule has 0 saturated carbocycles. The molecule has 0 aliphatic rings. The monoisotopic (exact) mass is 231 g/mol. The summed E-state index contributed by atoms with van der Waals surface area (Å²) in [5, 5.41) is 0. The van der Waals surface area contributed by atoms with E-state index in [0.29, 0.717) is 5.88 Å². The van der Waals surface area contributed by atoms with Gasteiger partial charge >= 0.3 is 0 Å². The third-order valence-corrected chi connectivity index (χ3v) is 2.60. The number of rotatable bonds is 5. The van der Waals surface area contributed by atoms with Gasteiger partial charge in [-0.15, -0.1) is 0 Å². The Bertz CT molecular complexity index is 479. The lowest BCUT2D eigenvalue weighted by Crippen LogP contribution is -1.90.